The Kier molecular flexibility index (Phi) is 6.58. The molecule has 3 N–H and O–H groups in total. The standard InChI is InChI=1S/C30H33ClN8/c31-29-20(5-4-12-32-29)19-33-21-6-8-25-24(17-21)28(37-36-25)30-34-26-9-7-23(18-27(26)35-30)39-15-10-22(11-16-39)38-13-2-1-3-14-38/h4-9,12,17-18,22,33H,1-3,10-11,13-16,19H2,(H,34,35)(H,36,37). The lowest BCUT2D eigenvalue weighted by atomic mass is 9.99. The summed E-state index contributed by atoms with van der Waals surface area (Å²) in [6, 6.07) is 17.4. The maximum absolute atomic E-state index is 6.23. The van der Waals surface area contributed by atoms with Gasteiger partial charge in [0.15, 0.2) is 5.82 Å². The number of hydrogen-bond acceptors (Lipinski definition) is 6. The zero-order valence-electron chi connectivity index (χ0n) is 22.0. The number of imidazole rings is 1. The number of aromatic nitrogens is 5. The van der Waals surface area contributed by atoms with E-state index in [2.05, 4.69) is 59.5 Å². The van der Waals surface area contributed by atoms with E-state index in [1.54, 1.807) is 6.20 Å². The molecule has 200 valence electrons. The summed E-state index contributed by atoms with van der Waals surface area (Å²) in [6.45, 7) is 5.38. The van der Waals surface area contributed by atoms with Crippen molar-refractivity contribution in [2.75, 3.05) is 36.4 Å². The highest BCUT2D eigenvalue weighted by atomic mass is 35.5. The van der Waals surface area contributed by atoms with Gasteiger partial charge in [0.25, 0.3) is 0 Å². The van der Waals surface area contributed by atoms with Crippen molar-refractivity contribution in [3.8, 4) is 11.5 Å². The number of aromatic amines is 2. The third kappa shape index (κ3) is 4.94. The molecule has 0 bridgehead atoms. The van der Waals surface area contributed by atoms with Gasteiger partial charge in [0.2, 0.25) is 0 Å². The second-order valence-corrected chi connectivity index (χ2v) is 11.1. The van der Waals surface area contributed by atoms with Gasteiger partial charge in [0, 0.05) is 54.2 Å². The molecule has 2 fully saturated rings. The predicted octanol–water partition coefficient (Wildman–Crippen LogP) is 6.22. The van der Waals surface area contributed by atoms with Crippen LogP contribution in [0.25, 0.3) is 33.5 Å². The van der Waals surface area contributed by atoms with Crippen molar-refractivity contribution in [3.05, 3.63) is 65.4 Å². The largest absolute Gasteiger partial charge is 0.381 e. The number of piperidine rings is 2. The molecule has 5 heterocycles. The first-order chi connectivity index (χ1) is 19.2. The van der Waals surface area contributed by atoms with Crippen LogP contribution < -0.4 is 10.2 Å². The topological polar surface area (TPSA) is 88.8 Å². The summed E-state index contributed by atoms with van der Waals surface area (Å²) in [6.07, 6.45) is 8.31. The molecule has 2 aliphatic heterocycles. The van der Waals surface area contributed by atoms with Gasteiger partial charge in [-0.1, -0.05) is 24.1 Å². The summed E-state index contributed by atoms with van der Waals surface area (Å²) in [7, 11) is 0. The summed E-state index contributed by atoms with van der Waals surface area (Å²) in [5, 5.41) is 12.7. The van der Waals surface area contributed by atoms with E-state index in [1.165, 1.54) is 50.9 Å². The first kappa shape index (κ1) is 24.4. The number of likely N-dealkylation sites (tertiary alicyclic amines) is 1. The Morgan fingerprint density at radius 2 is 1.82 bits per heavy atom. The molecule has 5 aromatic rings. The van der Waals surface area contributed by atoms with E-state index >= 15 is 0 Å². The molecule has 0 spiro atoms. The van der Waals surface area contributed by atoms with Crippen molar-refractivity contribution in [1.82, 2.24) is 30.0 Å². The van der Waals surface area contributed by atoms with Crippen LogP contribution in [0.2, 0.25) is 5.15 Å². The number of anilines is 2. The molecular formula is C30H33ClN8. The fourth-order valence-electron chi connectivity index (χ4n) is 6.13. The molecule has 2 saturated heterocycles. The average Bonchev–Trinajstić information content (AvgIpc) is 3.60. The summed E-state index contributed by atoms with van der Waals surface area (Å²) >= 11 is 6.23. The van der Waals surface area contributed by atoms with Gasteiger partial charge >= 0.3 is 0 Å². The first-order valence-corrected chi connectivity index (χ1v) is 14.4. The lowest BCUT2D eigenvalue weighted by molar-refractivity contribution is 0.141. The molecule has 8 nitrogen and oxygen atoms in total. The number of H-pyrrole nitrogens is 2. The minimum absolute atomic E-state index is 0.517. The van der Waals surface area contributed by atoms with Gasteiger partial charge in [-0.15, -0.1) is 0 Å². The molecule has 2 aliphatic rings. The highest BCUT2D eigenvalue weighted by Gasteiger charge is 2.26. The molecule has 0 amide bonds. The lowest BCUT2D eigenvalue weighted by Gasteiger charge is -2.41. The fourth-order valence-corrected chi connectivity index (χ4v) is 6.32. The Morgan fingerprint density at radius 3 is 2.67 bits per heavy atom. The zero-order chi connectivity index (χ0) is 26.2. The van der Waals surface area contributed by atoms with Gasteiger partial charge < -0.3 is 20.1 Å². The van der Waals surface area contributed by atoms with Crippen molar-refractivity contribution >= 4 is 44.9 Å². The first-order valence-electron chi connectivity index (χ1n) is 14.0. The Morgan fingerprint density at radius 1 is 0.949 bits per heavy atom. The van der Waals surface area contributed by atoms with Crippen LogP contribution in [0, 0.1) is 0 Å². The van der Waals surface area contributed by atoms with E-state index in [1.807, 2.05) is 24.3 Å². The molecule has 39 heavy (non-hydrogen) atoms. The smallest absolute Gasteiger partial charge is 0.159 e. The number of fused-ring (bicyclic) bond motifs is 2. The Bertz CT molecular complexity index is 1590. The minimum Gasteiger partial charge on any atom is -0.381 e. The van der Waals surface area contributed by atoms with E-state index in [9.17, 15) is 0 Å². The third-order valence-electron chi connectivity index (χ3n) is 8.31. The van der Waals surface area contributed by atoms with Crippen molar-refractivity contribution in [1.29, 1.82) is 0 Å². The highest BCUT2D eigenvalue weighted by Crippen LogP contribution is 2.31. The molecule has 7 rings (SSSR count). The maximum atomic E-state index is 6.23. The van der Waals surface area contributed by atoms with Gasteiger partial charge in [-0.3, -0.25) is 5.10 Å². The normalized spacial score (nSPS) is 17.3. The number of pyridine rings is 1. The second kappa shape index (κ2) is 10.5. The molecule has 0 aliphatic carbocycles. The predicted molar refractivity (Wildman–Crippen MR) is 158 cm³/mol. The van der Waals surface area contributed by atoms with Crippen LogP contribution in [0.15, 0.2) is 54.7 Å². The van der Waals surface area contributed by atoms with Crippen molar-refractivity contribution in [2.24, 2.45) is 0 Å². The summed E-state index contributed by atoms with van der Waals surface area (Å²) in [4.78, 5) is 17.8. The third-order valence-corrected chi connectivity index (χ3v) is 8.65. The van der Waals surface area contributed by atoms with Gasteiger partial charge in [0.05, 0.1) is 16.6 Å². The number of nitrogens with zero attached hydrogens (tertiary/aromatic N) is 5. The van der Waals surface area contributed by atoms with E-state index in [4.69, 9.17) is 16.6 Å². The highest BCUT2D eigenvalue weighted by molar-refractivity contribution is 6.30. The lowest BCUT2D eigenvalue weighted by Crippen LogP contribution is -2.46. The molecule has 3 aromatic heterocycles. The molecule has 0 radical (unpaired) electrons. The molecule has 0 unspecified atom stereocenters. The number of halogens is 1. The molecule has 0 atom stereocenters. The van der Waals surface area contributed by atoms with E-state index in [0.717, 1.165) is 63.8 Å². The van der Waals surface area contributed by atoms with Crippen LogP contribution in [0.4, 0.5) is 11.4 Å². The van der Waals surface area contributed by atoms with Crippen LogP contribution in [0.3, 0.4) is 0 Å². The van der Waals surface area contributed by atoms with E-state index < -0.39 is 0 Å². The van der Waals surface area contributed by atoms with Gasteiger partial charge in [-0.05, 0) is 81.2 Å². The van der Waals surface area contributed by atoms with Crippen LogP contribution in [-0.2, 0) is 6.54 Å². The Labute approximate surface area is 232 Å². The van der Waals surface area contributed by atoms with Crippen LogP contribution >= 0.6 is 11.6 Å². The number of nitrogens with one attached hydrogen (secondary N) is 3. The van der Waals surface area contributed by atoms with Crippen molar-refractivity contribution in [2.45, 2.75) is 44.7 Å². The van der Waals surface area contributed by atoms with Gasteiger partial charge in [-0.25, -0.2) is 9.97 Å². The van der Waals surface area contributed by atoms with E-state index in [0.29, 0.717) is 11.7 Å². The van der Waals surface area contributed by atoms with Gasteiger partial charge in [0.1, 0.15) is 10.8 Å². The zero-order valence-corrected chi connectivity index (χ0v) is 22.7. The van der Waals surface area contributed by atoms with Gasteiger partial charge in [-0.2, -0.15) is 5.10 Å². The van der Waals surface area contributed by atoms with Crippen molar-refractivity contribution < 1.29 is 0 Å². The molecule has 2 aromatic carbocycles. The average molecular weight is 541 g/mol. The minimum atomic E-state index is 0.517. The quantitative estimate of drug-likeness (QED) is 0.221. The number of benzene rings is 2. The molecule has 0 saturated carbocycles. The Hall–Kier alpha value is -3.62. The van der Waals surface area contributed by atoms with Crippen LogP contribution in [0.1, 0.15) is 37.7 Å². The number of hydrogen-bond donors (Lipinski definition) is 3. The number of rotatable bonds is 6. The monoisotopic (exact) mass is 540 g/mol. The second-order valence-electron chi connectivity index (χ2n) is 10.7. The summed E-state index contributed by atoms with van der Waals surface area (Å²) in [5.41, 5.74) is 6.97. The van der Waals surface area contributed by atoms with Crippen LogP contribution in [0.5, 0.6) is 0 Å². The van der Waals surface area contributed by atoms with Crippen molar-refractivity contribution in [3.63, 3.8) is 0 Å². The fraction of sp³-hybridized carbons (Fsp3) is 0.367. The SMILES string of the molecule is Clc1ncccc1CNc1ccc2[nH]nc(-c3nc4ccc(N5CCC(N6CCCCC6)CC5)cc4[nH]3)c2c1. The van der Waals surface area contributed by atoms with E-state index in [-0.39, 0.29) is 0 Å². The summed E-state index contributed by atoms with van der Waals surface area (Å²) < 4.78 is 0. The molecule has 9 heteroatoms. The molecular weight excluding hydrogens is 508 g/mol. The Balaban J connectivity index is 1.09. The maximum Gasteiger partial charge on any atom is 0.159 e. The summed E-state index contributed by atoms with van der Waals surface area (Å²) in [5.74, 6) is 0.768. The van der Waals surface area contributed by atoms with Crippen LogP contribution in [-0.4, -0.2) is 62.3 Å².